The van der Waals surface area contributed by atoms with Crippen molar-refractivity contribution >= 4 is 6.29 Å². The average Bonchev–Trinajstić information content (AvgIpc) is 2.34. The van der Waals surface area contributed by atoms with Crippen molar-refractivity contribution in [3.63, 3.8) is 0 Å². The van der Waals surface area contributed by atoms with Crippen LogP contribution in [0.5, 0.6) is 5.75 Å². The van der Waals surface area contributed by atoms with E-state index in [-0.39, 0.29) is 0 Å². The highest BCUT2D eigenvalue weighted by Gasteiger charge is 1.96. The summed E-state index contributed by atoms with van der Waals surface area (Å²) >= 11 is 0. The monoisotopic (exact) mass is 221 g/mol. The van der Waals surface area contributed by atoms with Crippen LogP contribution in [0.4, 0.5) is 0 Å². The van der Waals surface area contributed by atoms with Gasteiger partial charge in [0.25, 0.3) is 0 Å². The third-order valence-corrected chi connectivity index (χ3v) is 2.39. The van der Waals surface area contributed by atoms with E-state index in [1.54, 1.807) is 12.3 Å². The van der Waals surface area contributed by atoms with Crippen LogP contribution in [0.15, 0.2) is 18.5 Å². The molecule has 0 bridgehead atoms. The zero-order valence-electron chi connectivity index (χ0n) is 9.82. The number of carbonyl (C=O) groups excluding carboxylic acids is 1. The van der Waals surface area contributed by atoms with Gasteiger partial charge in [0.2, 0.25) is 0 Å². The van der Waals surface area contributed by atoms with Gasteiger partial charge in [0.1, 0.15) is 5.75 Å². The first-order valence-corrected chi connectivity index (χ1v) is 5.90. The summed E-state index contributed by atoms with van der Waals surface area (Å²) in [5, 5.41) is 0. The second-order valence-corrected chi connectivity index (χ2v) is 3.83. The molecule has 0 atom stereocenters. The molecule has 0 amide bonds. The van der Waals surface area contributed by atoms with Gasteiger partial charge in [-0.3, -0.25) is 9.78 Å². The summed E-state index contributed by atoms with van der Waals surface area (Å²) in [6.45, 7) is 2.90. The highest BCUT2D eigenvalue weighted by Crippen LogP contribution is 2.11. The lowest BCUT2D eigenvalue weighted by atomic mass is 10.2. The lowest BCUT2D eigenvalue weighted by Gasteiger charge is -2.05. The minimum Gasteiger partial charge on any atom is -0.492 e. The van der Waals surface area contributed by atoms with E-state index < -0.39 is 0 Å². The van der Waals surface area contributed by atoms with Crippen molar-refractivity contribution in [1.82, 2.24) is 4.98 Å². The number of carbonyl (C=O) groups is 1. The maximum atomic E-state index is 10.5. The molecule has 0 aliphatic rings. The van der Waals surface area contributed by atoms with Gasteiger partial charge in [-0.15, -0.1) is 0 Å². The van der Waals surface area contributed by atoms with E-state index in [9.17, 15) is 4.79 Å². The van der Waals surface area contributed by atoms with Crippen molar-refractivity contribution < 1.29 is 9.53 Å². The zero-order valence-corrected chi connectivity index (χ0v) is 9.82. The molecule has 0 N–H and O–H groups in total. The van der Waals surface area contributed by atoms with E-state index in [0.717, 1.165) is 12.7 Å². The third-order valence-electron chi connectivity index (χ3n) is 2.39. The van der Waals surface area contributed by atoms with Crippen LogP contribution in [0.25, 0.3) is 0 Å². The fourth-order valence-electron chi connectivity index (χ4n) is 1.47. The van der Waals surface area contributed by atoms with Crippen molar-refractivity contribution in [2.75, 3.05) is 6.61 Å². The van der Waals surface area contributed by atoms with E-state index >= 15 is 0 Å². The van der Waals surface area contributed by atoms with Crippen LogP contribution in [0.3, 0.4) is 0 Å². The lowest BCUT2D eigenvalue weighted by Crippen LogP contribution is -1.98. The fourth-order valence-corrected chi connectivity index (χ4v) is 1.47. The Morgan fingerprint density at radius 3 is 2.81 bits per heavy atom. The number of pyridine rings is 1. The summed E-state index contributed by atoms with van der Waals surface area (Å²) in [6.07, 6.45) is 10.0. The van der Waals surface area contributed by atoms with Gasteiger partial charge >= 0.3 is 0 Å². The minimum absolute atomic E-state index is 0.559. The van der Waals surface area contributed by atoms with E-state index in [1.165, 1.54) is 31.9 Å². The maximum Gasteiger partial charge on any atom is 0.151 e. The second-order valence-electron chi connectivity index (χ2n) is 3.83. The first kappa shape index (κ1) is 12.7. The highest BCUT2D eigenvalue weighted by molar-refractivity contribution is 5.74. The Bertz CT molecular complexity index is 313. The molecule has 0 unspecified atom stereocenters. The van der Waals surface area contributed by atoms with Gasteiger partial charge < -0.3 is 4.74 Å². The number of hydrogen-bond donors (Lipinski definition) is 0. The van der Waals surface area contributed by atoms with Crippen molar-refractivity contribution in [3.05, 3.63) is 24.0 Å². The van der Waals surface area contributed by atoms with Gasteiger partial charge in [-0.25, -0.2) is 0 Å². The van der Waals surface area contributed by atoms with Crippen LogP contribution in [0.2, 0.25) is 0 Å². The number of unbranched alkanes of at least 4 members (excludes halogenated alkanes) is 4. The van der Waals surface area contributed by atoms with Gasteiger partial charge in [0, 0.05) is 11.8 Å². The molecular formula is C13H19NO2. The molecule has 0 saturated heterocycles. The molecule has 0 spiro atoms. The molecule has 16 heavy (non-hydrogen) atoms. The summed E-state index contributed by atoms with van der Waals surface area (Å²) in [5.74, 6) is 0.681. The molecule has 88 valence electrons. The van der Waals surface area contributed by atoms with Gasteiger partial charge in [-0.2, -0.15) is 0 Å². The number of rotatable bonds is 8. The topological polar surface area (TPSA) is 39.2 Å². The summed E-state index contributed by atoms with van der Waals surface area (Å²) in [5.41, 5.74) is 0.559. The second kappa shape index (κ2) is 7.85. The normalized spacial score (nSPS) is 10.1. The number of hydrogen-bond acceptors (Lipinski definition) is 3. The smallest absolute Gasteiger partial charge is 0.151 e. The van der Waals surface area contributed by atoms with Crippen molar-refractivity contribution in [1.29, 1.82) is 0 Å². The molecule has 0 aliphatic carbocycles. The van der Waals surface area contributed by atoms with Crippen LogP contribution in [-0.2, 0) is 0 Å². The Balaban J connectivity index is 2.18. The molecule has 3 nitrogen and oxygen atoms in total. The van der Waals surface area contributed by atoms with Crippen LogP contribution < -0.4 is 4.74 Å². The highest BCUT2D eigenvalue weighted by atomic mass is 16.5. The predicted octanol–water partition coefficient (Wildman–Crippen LogP) is 3.24. The molecule has 0 aromatic carbocycles. The van der Waals surface area contributed by atoms with Crippen LogP contribution in [-0.4, -0.2) is 17.9 Å². The summed E-state index contributed by atoms with van der Waals surface area (Å²) in [6, 6.07) is 1.71. The summed E-state index contributed by atoms with van der Waals surface area (Å²) < 4.78 is 5.51. The summed E-state index contributed by atoms with van der Waals surface area (Å²) in [7, 11) is 0. The Hall–Kier alpha value is -1.38. The third kappa shape index (κ3) is 4.91. The van der Waals surface area contributed by atoms with E-state index in [0.29, 0.717) is 17.9 Å². The van der Waals surface area contributed by atoms with Gasteiger partial charge in [-0.05, 0) is 12.5 Å². The lowest BCUT2D eigenvalue weighted by molar-refractivity contribution is 0.112. The molecule has 1 heterocycles. The van der Waals surface area contributed by atoms with E-state index in [2.05, 4.69) is 11.9 Å². The average molecular weight is 221 g/mol. The van der Waals surface area contributed by atoms with Crippen molar-refractivity contribution in [2.45, 2.75) is 39.0 Å². The van der Waals surface area contributed by atoms with Gasteiger partial charge in [0.05, 0.1) is 12.8 Å². The predicted molar refractivity (Wildman–Crippen MR) is 63.9 cm³/mol. The molecular weight excluding hydrogens is 202 g/mol. The zero-order chi connectivity index (χ0) is 11.6. The standard InChI is InChI=1S/C13H19NO2/c1-2-3-4-5-6-7-16-13-8-12(11-15)9-14-10-13/h8-11H,2-7H2,1H3. The number of aromatic nitrogens is 1. The first-order valence-electron chi connectivity index (χ1n) is 5.90. The largest absolute Gasteiger partial charge is 0.492 e. The van der Waals surface area contributed by atoms with E-state index in [4.69, 9.17) is 4.74 Å². The Morgan fingerprint density at radius 2 is 2.06 bits per heavy atom. The molecule has 1 aromatic rings. The van der Waals surface area contributed by atoms with Crippen LogP contribution in [0.1, 0.15) is 49.4 Å². The quantitative estimate of drug-likeness (QED) is 0.499. The molecule has 0 saturated carbocycles. The van der Waals surface area contributed by atoms with Crippen molar-refractivity contribution in [2.24, 2.45) is 0 Å². The van der Waals surface area contributed by atoms with Gasteiger partial charge in [0.15, 0.2) is 6.29 Å². The molecule has 0 fully saturated rings. The molecule has 0 aliphatic heterocycles. The van der Waals surface area contributed by atoms with Gasteiger partial charge in [-0.1, -0.05) is 32.6 Å². The Kier molecular flexibility index (Phi) is 6.23. The molecule has 1 rings (SSSR count). The number of nitrogens with zero attached hydrogens (tertiary/aromatic N) is 1. The maximum absolute atomic E-state index is 10.5. The number of aldehydes is 1. The SMILES string of the molecule is CCCCCCCOc1cncc(C=O)c1. The minimum atomic E-state index is 0.559. The van der Waals surface area contributed by atoms with Crippen LogP contribution in [0, 0.1) is 0 Å². The first-order chi connectivity index (χ1) is 7.86. The Morgan fingerprint density at radius 1 is 1.25 bits per heavy atom. The van der Waals surface area contributed by atoms with Crippen molar-refractivity contribution in [3.8, 4) is 5.75 Å². The van der Waals surface area contributed by atoms with E-state index in [1.807, 2.05) is 0 Å². The summed E-state index contributed by atoms with van der Waals surface area (Å²) in [4.78, 5) is 14.4. The molecule has 1 aromatic heterocycles. The Labute approximate surface area is 96.8 Å². The number of ether oxygens (including phenoxy) is 1. The van der Waals surface area contributed by atoms with Crippen LogP contribution >= 0.6 is 0 Å². The molecule has 0 radical (unpaired) electrons. The fraction of sp³-hybridized carbons (Fsp3) is 0.538. The molecule has 3 heteroatoms.